The number of carboxylic acids is 1. The summed E-state index contributed by atoms with van der Waals surface area (Å²) in [7, 11) is 0. The van der Waals surface area contributed by atoms with Gasteiger partial charge in [0.2, 0.25) is 0 Å². The normalized spacial score (nSPS) is 11.6. The zero-order chi connectivity index (χ0) is 25.7. The Morgan fingerprint density at radius 1 is 1.00 bits per heavy atom. The van der Waals surface area contributed by atoms with Crippen molar-refractivity contribution >= 4 is 23.5 Å². The molecule has 4 aromatic rings. The molecule has 0 aliphatic carbocycles. The van der Waals surface area contributed by atoms with Crippen molar-refractivity contribution < 1.29 is 28.7 Å². The van der Waals surface area contributed by atoms with Gasteiger partial charge in [-0.2, -0.15) is 0 Å². The molecule has 0 saturated carbocycles. The molecule has 3 aromatic carbocycles. The molecule has 1 aromatic heterocycles. The van der Waals surface area contributed by atoms with Crippen molar-refractivity contribution in [2.24, 2.45) is 0 Å². The number of ether oxygens (including phenoxy) is 2. The fourth-order valence-corrected chi connectivity index (χ4v) is 4.07. The molecule has 0 amide bonds. The minimum absolute atomic E-state index is 0.00587. The topological polar surface area (TPSA) is 98.9 Å². The van der Waals surface area contributed by atoms with Gasteiger partial charge in [0.05, 0.1) is 18.5 Å². The standard InChI is InChI=1S/C28H24ClNO6/c1-17-24(16-27(33)34-18(2)23-8-3-4-9-25(23)29)28(36-30-17)20-10-12-21(13-11-20)35-22-7-5-6-19(14-22)15-26(31)32/h3-14,18H,15-16H2,1-2H3,(H,31,32)/t18-/m1/s1. The lowest BCUT2D eigenvalue weighted by Crippen LogP contribution is -2.12. The van der Waals surface area contributed by atoms with Gasteiger partial charge >= 0.3 is 11.9 Å². The van der Waals surface area contributed by atoms with E-state index in [0.717, 1.165) is 11.1 Å². The largest absolute Gasteiger partial charge is 0.481 e. The predicted octanol–water partition coefficient (Wildman–Crippen LogP) is 6.57. The SMILES string of the molecule is Cc1noc(-c2ccc(Oc3cccc(CC(=O)O)c3)cc2)c1CC(=O)O[C@H](C)c1ccccc1Cl. The summed E-state index contributed by atoms with van der Waals surface area (Å²) in [6.45, 7) is 3.55. The van der Waals surface area contributed by atoms with Gasteiger partial charge in [0.25, 0.3) is 0 Å². The third-order valence-corrected chi connectivity index (χ3v) is 5.91. The van der Waals surface area contributed by atoms with Crippen LogP contribution in [0.3, 0.4) is 0 Å². The monoisotopic (exact) mass is 505 g/mol. The van der Waals surface area contributed by atoms with E-state index in [4.69, 9.17) is 30.7 Å². The number of carbonyl (C=O) groups excluding carboxylic acids is 1. The third kappa shape index (κ3) is 6.12. The van der Waals surface area contributed by atoms with Crippen molar-refractivity contribution in [3.05, 3.63) is 100 Å². The number of carbonyl (C=O) groups is 2. The first-order valence-corrected chi connectivity index (χ1v) is 11.7. The number of nitrogens with zero attached hydrogens (tertiary/aromatic N) is 1. The second kappa shape index (κ2) is 11.1. The van der Waals surface area contributed by atoms with Gasteiger partial charge in [-0.05, 0) is 61.9 Å². The molecule has 8 heteroatoms. The molecule has 0 aliphatic rings. The number of benzene rings is 3. The molecule has 0 radical (unpaired) electrons. The van der Waals surface area contributed by atoms with Crippen LogP contribution in [0.15, 0.2) is 77.3 Å². The van der Waals surface area contributed by atoms with Gasteiger partial charge in [0.1, 0.15) is 17.6 Å². The lowest BCUT2D eigenvalue weighted by atomic mass is 10.0. The van der Waals surface area contributed by atoms with Crippen molar-refractivity contribution in [1.82, 2.24) is 5.16 Å². The number of esters is 1. The molecule has 1 heterocycles. The molecule has 1 N–H and O–H groups in total. The summed E-state index contributed by atoms with van der Waals surface area (Å²) in [6.07, 6.45) is -0.586. The third-order valence-electron chi connectivity index (χ3n) is 5.56. The highest BCUT2D eigenvalue weighted by atomic mass is 35.5. The van der Waals surface area contributed by atoms with E-state index in [1.165, 1.54) is 0 Å². The Balaban J connectivity index is 1.45. The quantitative estimate of drug-likeness (QED) is 0.257. The average molecular weight is 506 g/mol. The summed E-state index contributed by atoms with van der Waals surface area (Å²) < 4.78 is 17.0. The Morgan fingerprint density at radius 2 is 1.75 bits per heavy atom. The van der Waals surface area contributed by atoms with Crippen LogP contribution in [0.4, 0.5) is 0 Å². The van der Waals surface area contributed by atoms with Crippen LogP contribution in [-0.4, -0.2) is 22.2 Å². The smallest absolute Gasteiger partial charge is 0.311 e. The molecule has 0 fully saturated rings. The lowest BCUT2D eigenvalue weighted by Gasteiger charge is -2.15. The summed E-state index contributed by atoms with van der Waals surface area (Å²) in [5.41, 5.74) is 3.35. The van der Waals surface area contributed by atoms with E-state index in [1.807, 2.05) is 18.2 Å². The summed E-state index contributed by atoms with van der Waals surface area (Å²) in [5, 5.41) is 13.6. The van der Waals surface area contributed by atoms with Crippen LogP contribution in [0.2, 0.25) is 5.02 Å². The molecular weight excluding hydrogens is 482 g/mol. The van der Waals surface area contributed by atoms with Crippen molar-refractivity contribution in [3.8, 4) is 22.8 Å². The first-order chi connectivity index (χ1) is 17.3. The van der Waals surface area contributed by atoms with E-state index >= 15 is 0 Å². The Hall–Kier alpha value is -4.10. The fourth-order valence-electron chi connectivity index (χ4n) is 3.78. The minimum atomic E-state index is -0.906. The van der Waals surface area contributed by atoms with Crippen molar-refractivity contribution in [3.63, 3.8) is 0 Å². The number of aliphatic carboxylic acids is 1. The lowest BCUT2D eigenvalue weighted by molar-refractivity contribution is -0.147. The van der Waals surface area contributed by atoms with Gasteiger partial charge in [-0.3, -0.25) is 9.59 Å². The highest BCUT2D eigenvalue weighted by molar-refractivity contribution is 6.31. The van der Waals surface area contributed by atoms with Gasteiger partial charge in [-0.1, -0.05) is 47.1 Å². The zero-order valence-corrected chi connectivity index (χ0v) is 20.5. The highest BCUT2D eigenvalue weighted by Crippen LogP contribution is 2.31. The summed E-state index contributed by atoms with van der Waals surface area (Å²) in [6, 6.07) is 21.3. The number of carboxylic acid groups (broad SMARTS) is 1. The molecular formula is C28H24ClNO6. The second-order valence-corrected chi connectivity index (χ2v) is 8.66. The molecule has 7 nitrogen and oxygen atoms in total. The summed E-state index contributed by atoms with van der Waals surface area (Å²) in [5.74, 6) is 0.253. The molecule has 0 saturated heterocycles. The van der Waals surface area contributed by atoms with Crippen molar-refractivity contribution in [2.45, 2.75) is 32.8 Å². The van der Waals surface area contributed by atoms with Crippen LogP contribution in [-0.2, 0) is 27.2 Å². The number of halogens is 1. The molecule has 0 spiro atoms. The fraction of sp³-hybridized carbons (Fsp3) is 0.179. The van der Waals surface area contributed by atoms with Crippen LogP contribution in [0.25, 0.3) is 11.3 Å². The van der Waals surface area contributed by atoms with Crippen LogP contribution in [0, 0.1) is 6.92 Å². The van der Waals surface area contributed by atoms with Gasteiger partial charge in [-0.15, -0.1) is 0 Å². The predicted molar refractivity (Wildman–Crippen MR) is 134 cm³/mol. The van der Waals surface area contributed by atoms with Gasteiger partial charge in [-0.25, -0.2) is 0 Å². The van der Waals surface area contributed by atoms with E-state index in [9.17, 15) is 9.59 Å². The maximum absolute atomic E-state index is 12.7. The van der Waals surface area contributed by atoms with E-state index in [1.54, 1.807) is 68.4 Å². The summed E-state index contributed by atoms with van der Waals surface area (Å²) >= 11 is 6.22. The molecule has 0 aliphatic heterocycles. The molecule has 0 unspecified atom stereocenters. The van der Waals surface area contributed by atoms with Gasteiger partial charge in [0, 0.05) is 21.7 Å². The molecule has 0 bridgehead atoms. The Kier molecular flexibility index (Phi) is 7.71. The Bertz CT molecular complexity index is 1380. The van der Waals surface area contributed by atoms with Crippen molar-refractivity contribution in [2.75, 3.05) is 0 Å². The van der Waals surface area contributed by atoms with E-state index in [-0.39, 0.29) is 12.8 Å². The van der Waals surface area contributed by atoms with Crippen LogP contribution < -0.4 is 4.74 Å². The number of rotatable bonds is 9. The highest BCUT2D eigenvalue weighted by Gasteiger charge is 2.21. The number of aryl methyl sites for hydroxylation is 1. The van der Waals surface area contributed by atoms with Crippen LogP contribution in [0.1, 0.15) is 35.4 Å². The molecule has 1 atom stereocenters. The van der Waals surface area contributed by atoms with Crippen molar-refractivity contribution in [1.29, 1.82) is 0 Å². The van der Waals surface area contributed by atoms with Gasteiger partial charge < -0.3 is 19.1 Å². The summed E-state index contributed by atoms with van der Waals surface area (Å²) in [4.78, 5) is 23.6. The second-order valence-electron chi connectivity index (χ2n) is 8.25. The van der Waals surface area contributed by atoms with Crippen LogP contribution in [0.5, 0.6) is 11.5 Å². The van der Waals surface area contributed by atoms with Gasteiger partial charge in [0.15, 0.2) is 5.76 Å². The zero-order valence-electron chi connectivity index (χ0n) is 19.7. The minimum Gasteiger partial charge on any atom is -0.481 e. The molecule has 184 valence electrons. The van der Waals surface area contributed by atoms with E-state index in [2.05, 4.69) is 5.16 Å². The van der Waals surface area contributed by atoms with E-state index < -0.39 is 18.0 Å². The Labute approximate surface area is 213 Å². The number of aromatic nitrogens is 1. The average Bonchev–Trinajstić information content (AvgIpc) is 3.19. The first-order valence-electron chi connectivity index (χ1n) is 11.3. The molecule has 4 rings (SSSR count). The maximum atomic E-state index is 12.7. The maximum Gasteiger partial charge on any atom is 0.311 e. The van der Waals surface area contributed by atoms with E-state index in [0.29, 0.717) is 39.1 Å². The Morgan fingerprint density at radius 3 is 2.47 bits per heavy atom. The number of hydrogen-bond donors (Lipinski definition) is 1. The first kappa shape index (κ1) is 25.0. The number of hydrogen-bond acceptors (Lipinski definition) is 6. The van der Waals surface area contributed by atoms with Crippen LogP contribution >= 0.6 is 11.6 Å². The molecule has 36 heavy (non-hydrogen) atoms.